The summed E-state index contributed by atoms with van der Waals surface area (Å²) in [5.41, 5.74) is 0.0887. The summed E-state index contributed by atoms with van der Waals surface area (Å²) in [6, 6.07) is 4.17. The fourth-order valence-corrected chi connectivity index (χ4v) is 1.69. The third-order valence-electron chi connectivity index (χ3n) is 2.56. The number of benzene rings is 1. The molecule has 0 saturated heterocycles. The maximum absolute atomic E-state index is 10.7. The van der Waals surface area contributed by atoms with E-state index in [1.165, 1.54) is 18.2 Å². The Hall–Kier alpha value is -1.30. The molecule has 20 heavy (non-hydrogen) atoms. The number of hydrogen-bond acceptors (Lipinski definition) is 4. The van der Waals surface area contributed by atoms with E-state index in [2.05, 4.69) is 6.92 Å². The molecule has 5 nitrogen and oxygen atoms in total. The van der Waals surface area contributed by atoms with E-state index in [4.69, 9.17) is 26.2 Å². The first-order chi connectivity index (χ1) is 9.54. The predicted octanol–water partition coefficient (Wildman–Crippen LogP) is 2.59. The van der Waals surface area contributed by atoms with Crippen LogP contribution in [0.1, 0.15) is 30.1 Å². The number of carboxylic acids is 1. The van der Waals surface area contributed by atoms with Crippen molar-refractivity contribution >= 4 is 17.6 Å². The van der Waals surface area contributed by atoms with Crippen molar-refractivity contribution in [1.29, 1.82) is 0 Å². The summed E-state index contributed by atoms with van der Waals surface area (Å²) in [7, 11) is 0. The number of unbranched alkanes of at least 4 members (excludes halogenated alkanes) is 1. The van der Waals surface area contributed by atoms with Crippen LogP contribution in [0.25, 0.3) is 0 Å². The molecule has 0 aliphatic heterocycles. The zero-order chi connectivity index (χ0) is 15.0. The van der Waals surface area contributed by atoms with Crippen LogP contribution in [0.3, 0.4) is 0 Å². The molecule has 0 saturated carbocycles. The van der Waals surface area contributed by atoms with Crippen molar-refractivity contribution in [1.82, 2.24) is 0 Å². The van der Waals surface area contributed by atoms with Gasteiger partial charge in [-0.3, -0.25) is 0 Å². The number of ether oxygens (including phenoxy) is 2. The van der Waals surface area contributed by atoms with Gasteiger partial charge >= 0.3 is 5.97 Å². The van der Waals surface area contributed by atoms with Gasteiger partial charge in [0.25, 0.3) is 0 Å². The average molecular weight is 303 g/mol. The van der Waals surface area contributed by atoms with Crippen LogP contribution in [-0.2, 0) is 4.74 Å². The minimum absolute atomic E-state index is 0.0399. The Kier molecular flexibility index (Phi) is 7.36. The number of carboxylic acid groups (broad SMARTS) is 1. The highest BCUT2D eigenvalue weighted by Gasteiger charge is 2.10. The summed E-state index contributed by atoms with van der Waals surface area (Å²) in [5, 5.41) is 18.7. The van der Waals surface area contributed by atoms with Crippen LogP contribution < -0.4 is 4.74 Å². The molecule has 0 aliphatic rings. The van der Waals surface area contributed by atoms with E-state index in [1.807, 2.05) is 0 Å². The molecular weight excluding hydrogens is 284 g/mol. The summed E-state index contributed by atoms with van der Waals surface area (Å²) < 4.78 is 10.6. The molecule has 0 heterocycles. The number of aromatic carboxylic acids is 1. The minimum atomic E-state index is -1.05. The Balaban J connectivity index is 2.39. The molecule has 1 unspecified atom stereocenters. The smallest absolute Gasteiger partial charge is 0.335 e. The van der Waals surface area contributed by atoms with Gasteiger partial charge in [-0.2, -0.15) is 0 Å². The molecule has 112 valence electrons. The normalized spacial score (nSPS) is 12.2. The highest BCUT2D eigenvalue weighted by atomic mass is 35.5. The van der Waals surface area contributed by atoms with Crippen LogP contribution in [0.4, 0.5) is 0 Å². The summed E-state index contributed by atoms with van der Waals surface area (Å²) in [6.07, 6.45) is 1.25. The summed E-state index contributed by atoms with van der Waals surface area (Å²) >= 11 is 5.90. The molecule has 0 aromatic heterocycles. The Morgan fingerprint density at radius 2 is 2.15 bits per heavy atom. The van der Waals surface area contributed by atoms with Crippen LogP contribution in [0.5, 0.6) is 5.75 Å². The monoisotopic (exact) mass is 302 g/mol. The van der Waals surface area contributed by atoms with Crippen LogP contribution in [0, 0.1) is 0 Å². The molecule has 0 fully saturated rings. The fraction of sp³-hybridized carbons (Fsp3) is 0.500. The van der Waals surface area contributed by atoms with Crippen LogP contribution in [-0.4, -0.2) is 42.1 Å². The molecule has 2 N–H and O–H groups in total. The third kappa shape index (κ3) is 5.77. The highest BCUT2D eigenvalue weighted by molar-refractivity contribution is 6.32. The summed E-state index contributed by atoms with van der Waals surface area (Å²) in [5.74, 6) is -0.716. The molecule has 1 rings (SSSR count). The van der Waals surface area contributed by atoms with Gasteiger partial charge in [0.15, 0.2) is 0 Å². The largest absolute Gasteiger partial charge is 0.489 e. The molecule has 0 radical (unpaired) electrons. The summed E-state index contributed by atoms with van der Waals surface area (Å²) in [4.78, 5) is 10.7. The second-order valence-corrected chi connectivity index (χ2v) is 4.75. The van der Waals surface area contributed by atoms with Gasteiger partial charge in [-0.15, -0.1) is 0 Å². The Morgan fingerprint density at radius 1 is 1.40 bits per heavy atom. The number of aliphatic hydroxyl groups excluding tert-OH is 1. The average Bonchev–Trinajstić information content (AvgIpc) is 2.42. The van der Waals surface area contributed by atoms with Gasteiger partial charge in [0.05, 0.1) is 17.2 Å². The molecule has 0 amide bonds. The van der Waals surface area contributed by atoms with Gasteiger partial charge < -0.3 is 19.7 Å². The zero-order valence-electron chi connectivity index (χ0n) is 11.3. The lowest BCUT2D eigenvalue weighted by Gasteiger charge is -2.13. The molecule has 1 aromatic carbocycles. The maximum atomic E-state index is 10.7. The standard InChI is InChI=1S/C14H19ClO5/c1-2-3-6-19-8-11(16)9-20-13-5-4-10(14(17)18)7-12(13)15/h4-5,7,11,16H,2-3,6,8-9H2,1H3,(H,17,18). The quantitative estimate of drug-likeness (QED) is 0.686. The molecule has 1 aromatic rings. The predicted molar refractivity (Wildman–Crippen MR) is 75.6 cm³/mol. The van der Waals surface area contributed by atoms with Crippen LogP contribution >= 0.6 is 11.6 Å². The maximum Gasteiger partial charge on any atom is 0.335 e. The Bertz CT molecular complexity index is 436. The van der Waals surface area contributed by atoms with Crippen LogP contribution in [0.15, 0.2) is 18.2 Å². The SMILES string of the molecule is CCCCOCC(O)COc1ccc(C(=O)O)cc1Cl. The van der Waals surface area contributed by atoms with Gasteiger partial charge in [-0.25, -0.2) is 4.79 Å². The van der Waals surface area contributed by atoms with Crippen molar-refractivity contribution in [2.45, 2.75) is 25.9 Å². The van der Waals surface area contributed by atoms with E-state index in [-0.39, 0.29) is 23.8 Å². The molecule has 0 spiro atoms. The number of aliphatic hydroxyl groups is 1. The topological polar surface area (TPSA) is 76.0 Å². The Labute approximate surface area is 123 Å². The lowest BCUT2D eigenvalue weighted by atomic mass is 10.2. The fourth-order valence-electron chi connectivity index (χ4n) is 1.45. The first-order valence-corrected chi connectivity index (χ1v) is 6.83. The number of carbonyl (C=O) groups is 1. The zero-order valence-corrected chi connectivity index (χ0v) is 12.1. The number of rotatable bonds is 9. The van der Waals surface area contributed by atoms with E-state index in [1.54, 1.807) is 0 Å². The van der Waals surface area contributed by atoms with Gasteiger partial charge in [0.1, 0.15) is 18.5 Å². The van der Waals surface area contributed by atoms with Gasteiger partial charge in [-0.1, -0.05) is 24.9 Å². The van der Waals surface area contributed by atoms with E-state index in [0.29, 0.717) is 12.4 Å². The first-order valence-electron chi connectivity index (χ1n) is 6.46. The lowest BCUT2D eigenvalue weighted by molar-refractivity contribution is 0.0113. The van der Waals surface area contributed by atoms with E-state index < -0.39 is 12.1 Å². The van der Waals surface area contributed by atoms with Crippen LogP contribution in [0.2, 0.25) is 5.02 Å². The molecule has 0 aliphatic carbocycles. The van der Waals surface area contributed by atoms with Crippen molar-refractivity contribution in [2.24, 2.45) is 0 Å². The van der Waals surface area contributed by atoms with Crippen molar-refractivity contribution in [3.05, 3.63) is 28.8 Å². The van der Waals surface area contributed by atoms with E-state index in [9.17, 15) is 9.90 Å². The third-order valence-corrected chi connectivity index (χ3v) is 2.86. The summed E-state index contributed by atoms with van der Waals surface area (Å²) in [6.45, 7) is 2.91. The van der Waals surface area contributed by atoms with Gasteiger partial charge in [0.2, 0.25) is 0 Å². The molecule has 1 atom stereocenters. The van der Waals surface area contributed by atoms with Crippen molar-refractivity contribution in [2.75, 3.05) is 19.8 Å². The second-order valence-electron chi connectivity index (χ2n) is 4.34. The molecule has 0 bridgehead atoms. The van der Waals surface area contributed by atoms with E-state index >= 15 is 0 Å². The molecular formula is C14H19ClO5. The molecule has 6 heteroatoms. The van der Waals surface area contributed by atoms with Gasteiger partial charge in [0, 0.05) is 6.61 Å². The van der Waals surface area contributed by atoms with Crippen molar-refractivity contribution < 1.29 is 24.5 Å². The number of hydrogen-bond donors (Lipinski definition) is 2. The van der Waals surface area contributed by atoms with Crippen molar-refractivity contribution in [3.63, 3.8) is 0 Å². The van der Waals surface area contributed by atoms with Crippen molar-refractivity contribution in [3.8, 4) is 5.75 Å². The lowest BCUT2D eigenvalue weighted by Crippen LogP contribution is -2.23. The van der Waals surface area contributed by atoms with E-state index in [0.717, 1.165) is 12.8 Å². The highest BCUT2D eigenvalue weighted by Crippen LogP contribution is 2.25. The van der Waals surface area contributed by atoms with Gasteiger partial charge in [-0.05, 0) is 24.6 Å². The first kappa shape index (κ1) is 16.8. The minimum Gasteiger partial charge on any atom is -0.489 e. The Morgan fingerprint density at radius 3 is 2.75 bits per heavy atom. The second kappa shape index (κ2) is 8.79. The number of halogens is 1.